The summed E-state index contributed by atoms with van der Waals surface area (Å²) in [6.45, 7) is 4.04. The van der Waals surface area contributed by atoms with E-state index in [0.717, 1.165) is 38.4 Å². The molecule has 1 aromatic heterocycles. The Morgan fingerprint density at radius 2 is 1.60 bits per heavy atom. The zero-order valence-electron chi connectivity index (χ0n) is 16.5. The summed E-state index contributed by atoms with van der Waals surface area (Å²) >= 11 is 13.9. The fourth-order valence-electron chi connectivity index (χ4n) is 3.05. The number of hydrogen-bond donors (Lipinski definition) is 0. The molecule has 0 spiro atoms. The van der Waals surface area contributed by atoms with E-state index >= 15 is 0 Å². The van der Waals surface area contributed by atoms with Gasteiger partial charge in [-0.1, -0.05) is 47.1 Å². The Hall–Kier alpha value is -1.85. The third-order valence-electron chi connectivity index (χ3n) is 4.33. The van der Waals surface area contributed by atoms with E-state index in [2.05, 4.69) is 16.7 Å². The number of fused-ring (bicyclic) bond motifs is 1. The summed E-state index contributed by atoms with van der Waals surface area (Å²) in [5.74, 6) is 1.65. The number of benzene rings is 3. The quantitative estimate of drug-likeness (QED) is 0.264. The maximum absolute atomic E-state index is 6.20. The Balaban J connectivity index is 0.00000256. The highest BCUT2D eigenvalue weighted by atomic mass is 35.5. The lowest BCUT2D eigenvalue weighted by atomic mass is 10.2. The van der Waals surface area contributed by atoms with E-state index in [9.17, 15) is 0 Å². The summed E-state index contributed by atoms with van der Waals surface area (Å²) in [5.41, 5.74) is 4.12. The monoisotopic (exact) mass is 478 g/mol. The van der Waals surface area contributed by atoms with Gasteiger partial charge in [-0.25, -0.2) is 4.98 Å². The van der Waals surface area contributed by atoms with Crippen molar-refractivity contribution in [2.75, 3.05) is 0 Å². The molecule has 7 heteroatoms. The molecule has 0 aliphatic rings. The largest absolute Gasteiger partial charge is 0.491 e. The Morgan fingerprint density at radius 1 is 0.933 bits per heavy atom. The van der Waals surface area contributed by atoms with Crippen LogP contribution in [0.3, 0.4) is 0 Å². The van der Waals surface area contributed by atoms with Crippen LogP contribution in [0.2, 0.25) is 10.0 Å². The summed E-state index contributed by atoms with van der Waals surface area (Å²) in [5, 5.41) is 2.33. The van der Waals surface area contributed by atoms with E-state index in [1.165, 1.54) is 5.56 Å². The number of rotatable bonds is 6. The topological polar surface area (TPSA) is 27.1 Å². The van der Waals surface area contributed by atoms with Crippen LogP contribution in [0.1, 0.15) is 19.4 Å². The highest BCUT2D eigenvalue weighted by molar-refractivity contribution is 7.98. The van der Waals surface area contributed by atoms with Crippen LogP contribution in [0, 0.1) is 0 Å². The van der Waals surface area contributed by atoms with E-state index in [-0.39, 0.29) is 18.5 Å². The fraction of sp³-hybridized carbons (Fsp3) is 0.174. The van der Waals surface area contributed by atoms with Crippen LogP contribution >= 0.6 is 47.4 Å². The normalized spacial score (nSPS) is 11.0. The van der Waals surface area contributed by atoms with Gasteiger partial charge in [0, 0.05) is 21.5 Å². The molecule has 4 rings (SSSR count). The van der Waals surface area contributed by atoms with E-state index < -0.39 is 0 Å². The smallest absolute Gasteiger partial charge is 0.174 e. The van der Waals surface area contributed by atoms with Crippen molar-refractivity contribution in [3.05, 3.63) is 82.3 Å². The van der Waals surface area contributed by atoms with Gasteiger partial charge in [-0.15, -0.1) is 12.4 Å². The Morgan fingerprint density at radius 3 is 2.27 bits per heavy atom. The molecule has 4 aromatic rings. The van der Waals surface area contributed by atoms with Crippen LogP contribution < -0.4 is 4.74 Å². The van der Waals surface area contributed by atoms with Gasteiger partial charge in [-0.2, -0.15) is 0 Å². The number of ether oxygens (including phenoxy) is 1. The molecule has 1 heterocycles. The molecule has 30 heavy (non-hydrogen) atoms. The third kappa shape index (κ3) is 5.25. The summed E-state index contributed by atoms with van der Waals surface area (Å²) < 4.78 is 7.93. The standard InChI is InChI=1S/C23H20Cl2N2OS.ClH/c1-15(2)28-20-10-8-19(9-11-20)27-22-12-7-18(25)13-21(22)26-23(27)29-14-16-3-5-17(24)6-4-16;/h3-13,15H,14H2,1-2H3;1H. The zero-order chi connectivity index (χ0) is 20.4. The van der Waals surface area contributed by atoms with Gasteiger partial charge in [0.2, 0.25) is 0 Å². The highest BCUT2D eigenvalue weighted by Gasteiger charge is 2.14. The van der Waals surface area contributed by atoms with Crippen LogP contribution in [-0.2, 0) is 5.75 Å². The molecule has 0 saturated heterocycles. The van der Waals surface area contributed by atoms with Gasteiger partial charge >= 0.3 is 0 Å². The number of halogens is 3. The minimum Gasteiger partial charge on any atom is -0.491 e. The summed E-state index contributed by atoms with van der Waals surface area (Å²) in [7, 11) is 0. The molecular formula is C23H21Cl3N2OS. The van der Waals surface area contributed by atoms with Crippen molar-refractivity contribution in [3.63, 3.8) is 0 Å². The molecule has 0 aliphatic carbocycles. The molecule has 0 radical (unpaired) electrons. The van der Waals surface area contributed by atoms with E-state index in [1.807, 2.05) is 68.4 Å². The average Bonchev–Trinajstić information content (AvgIpc) is 3.05. The van der Waals surface area contributed by atoms with Crippen molar-refractivity contribution in [3.8, 4) is 11.4 Å². The van der Waals surface area contributed by atoms with Gasteiger partial charge in [0.25, 0.3) is 0 Å². The van der Waals surface area contributed by atoms with Crippen LogP contribution in [0.5, 0.6) is 5.75 Å². The van der Waals surface area contributed by atoms with Gasteiger partial charge in [0.15, 0.2) is 5.16 Å². The minimum absolute atomic E-state index is 0. The van der Waals surface area contributed by atoms with Crippen molar-refractivity contribution >= 4 is 58.4 Å². The van der Waals surface area contributed by atoms with Crippen molar-refractivity contribution in [1.82, 2.24) is 9.55 Å². The number of aromatic nitrogens is 2. The number of nitrogens with zero attached hydrogens (tertiary/aromatic N) is 2. The number of imidazole rings is 1. The molecule has 3 aromatic carbocycles. The molecule has 0 N–H and O–H groups in total. The molecule has 0 atom stereocenters. The number of thioether (sulfide) groups is 1. The molecule has 3 nitrogen and oxygen atoms in total. The second-order valence-corrected chi connectivity index (χ2v) is 8.75. The van der Waals surface area contributed by atoms with Gasteiger partial charge in [-0.05, 0) is 74.0 Å². The Kier molecular flexibility index (Phi) is 7.59. The highest BCUT2D eigenvalue weighted by Crippen LogP contribution is 2.32. The number of hydrogen-bond acceptors (Lipinski definition) is 3. The first-order valence-corrected chi connectivity index (χ1v) is 11.1. The van der Waals surface area contributed by atoms with Crippen molar-refractivity contribution in [1.29, 1.82) is 0 Å². The molecular weight excluding hydrogens is 459 g/mol. The summed E-state index contributed by atoms with van der Waals surface area (Å²) in [6.07, 6.45) is 0.141. The fourth-order valence-corrected chi connectivity index (χ4v) is 4.33. The van der Waals surface area contributed by atoms with E-state index in [0.29, 0.717) is 5.02 Å². The average molecular weight is 480 g/mol. The molecule has 156 valence electrons. The maximum atomic E-state index is 6.20. The van der Waals surface area contributed by atoms with E-state index in [4.69, 9.17) is 32.9 Å². The Bertz CT molecular complexity index is 1130. The molecule has 0 unspecified atom stereocenters. The van der Waals surface area contributed by atoms with Crippen molar-refractivity contribution in [2.24, 2.45) is 0 Å². The lowest BCUT2D eigenvalue weighted by Gasteiger charge is -2.12. The van der Waals surface area contributed by atoms with Crippen LogP contribution in [0.4, 0.5) is 0 Å². The first-order chi connectivity index (χ1) is 14.0. The third-order valence-corrected chi connectivity index (χ3v) is 5.83. The first kappa shape index (κ1) is 22.8. The predicted molar refractivity (Wildman–Crippen MR) is 130 cm³/mol. The second-order valence-electron chi connectivity index (χ2n) is 6.94. The molecule has 0 fully saturated rings. The van der Waals surface area contributed by atoms with Gasteiger partial charge < -0.3 is 4.74 Å². The van der Waals surface area contributed by atoms with Crippen molar-refractivity contribution in [2.45, 2.75) is 30.9 Å². The van der Waals surface area contributed by atoms with E-state index in [1.54, 1.807) is 11.8 Å². The van der Waals surface area contributed by atoms with Crippen LogP contribution in [0.25, 0.3) is 16.7 Å². The maximum Gasteiger partial charge on any atom is 0.174 e. The second kappa shape index (κ2) is 9.97. The minimum atomic E-state index is 0. The van der Waals surface area contributed by atoms with Gasteiger partial charge in [-0.3, -0.25) is 4.57 Å². The Labute approximate surface area is 196 Å². The predicted octanol–water partition coefficient (Wildman–Crippen LogP) is 7.83. The van der Waals surface area contributed by atoms with Crippen LogP contribution in [0.15, 0.2) is 71.9 Å². The molecule has 0 bridgehead atoms. The van der Waals surface area contributed by atoms with Gasteiger partial charge in [0.1, 0.15) is 5.75 Å². The first-order valence-electron chi connectivity index (χ1n) is 9.32. The molecule has 0 aliphatic heterocycles. The summed E-state index contributed by atoms with van der Waals surface area (Å²) in [6, 6.07) is 21.8. The zero-order valence-corrected chi connectivity index (χ0v) is 19.7. The van der Waals surface area contributed by atoms with Crippen LogP contribution in [-0.4, -0.2) is 15.7 Å². The summed E-state index contributed by atoms with van der Waals surface area (Å²) in [4.78, 5) is 4.84. The molecule has 0 saturated carbocycles. The van der Waals surface area contributed by atoms with Crippen molar-refractivity contribution < 1.29 is 4.74 Å². The SMILES string of the molecule is CC(C)Oc1ccc(-n2c(SCc3ccc(Cl)cc3)nc3cc(Cl)ccc32)cc1.Cl. The lowest BCUT2D eigenvalue weighted by Crippen LogP contribution is -2.05. The lowest BCUT2D eigenvalue weighted by molar-refractivity contribution is 0.242. The van der Waals surface area contributed by atoms with Gasteiger partial charge in [0.05, 0.1) is 17.1 Å². The molecule has 0 amide bonds.